The summed E-state index contributed by atoms with van der Waals surface area (Å²) in [7, 11) is 0. The Kier molecular flexibility index (Phi) is 8.85. The van der Waals surface area contributed by atoms with E-state index >= 15 is 4.39 Å². The average Bonchev–Trinajstić information content (AvgIpc) is 2.81. The maximum absolute atomic E-state index is 15.3. The van der Waals surface area contributed by atoms with Crippen LogP contribution in [0.5, 0.6) is 0 Å². The predicted octanol–water partition coefficient (Wildman–Crippen LogP) is 9.95. The third-order valence-electron chi connectivity index (χ3n) is 7.36. The lowest BCUT2D eigenvalue weighted by Gasteiger charge is -2.38. The van der Waals surface area contributed by atoms with E-state index in [-0.39, 0.29) is 23.2 Å². The largest absolute Gasteiger partial charge is 0.273 e. The van der Waals surface area contributed by atoms with Crippen molar-refractivity contribution in [1.82, 2.24) is 0 Å². The molecule has 2 aromatic carbocycles. The lowest BCUT2D eigenvalue weighted by atomic mass is 9.66. The SMILES string of the molecule is CCCCCCC1(c2ccc(-c3ccc(C(F)(F)CCCC)cc3)c(F)c2)CCCCC1. The quantitative estimate of drug-likeness (QED) is 0.302. The molecule has 0 amide bonds. The Hall–Kier alpha value is -1.77. The van der Waals surface area contributed by atoms with Gasteiger partial charge in [0.05, 0.1) is 0 Å². The minimum Gasteiger partial charge on any atom is -0.206 e. The van der Waals surface area contributed by atoms with Gasteiger partial charge in [0.25, 0.3) is 5.92 Å². The Labute approximate surface area is 192 Å². The van der Waals surface area contributed by atoms with Gasteiger partial charge in [0.1, 0.15) is 5.82 Å². The molecule has 0 atom stereocenters. The summed E-state index contributed by atoms with van der Waals surface area (Å²) in [6, 6.07) is 11.8. The zero-order chi connectivity index (χ0) is 23.0. The molecule has 32 heavy (non-hydrogen) atoms. The summed E-state index contributed by atoms with van der Waals surface area (Å²) < 4.78 is 43.9. The van der Waals surface area contributed by atoms with Crippen LogP contribution in [0.1, 0.15) is 108 Å². The van der Waals surface area contributed by atoms with E-state index in [1.54, 1.807) is 18.2 Å². The monoisotopic (exact) mass is 444 g/mol. The van der Waals surface area contributed by atoms with Crippen LogP contribution >= 0.6 is 0 Å². The Bertz CT molecular complexity index is 832. The van der Waals surface area contributed by atoms with E-state index in [1.165, 1.54) is 57.1 Å². The first kappa shape index (κ1) is 24.9. The molecule has 0 unspecified atom stereocenters. The normalized spacial score (nSPS) is 16.3. The van der Waals surface area contributed by atoms with E-state index in [4.69, 9.17) is 0 Å². The van der Waals surface area contributed by atoms with Crippen LogP contribution in [-0.4, -0.2) is 0 Å². The second-order valence-electron chi connectivity index (χ2n) is 9.73. The van der Waals surface area contributed by atoms with Crippen molar-refractivity contribution in [3.8, 4) is 11.1 Å². The molecular weight excluding hydrogens is 405 g/mol. The van der Waals surface area contributed by atoms with E-state index < -0.39 is 5.92 Å². The molecule has 0 aliphatic heterocycles. The Morgan fingerprint density at radius 3 is 2.12 bits per heavy atom. The minimum absolute atomic E-state index is 0.0139. The summed E-state index contributed by atoms with van der Waals surface area (Å²) in [5.41, 5.74) is 2.38. The summed E-state index contributed by atoms with van der Waals surface area (Å²) in [6.07, 6.45) is 13.1. The van der Waals surface area contributed by atoms with Crippen LogP contribution in [0, 0.1) is 5.82 Å². The van der Waals surface area contributed by atoms with Gasteiger partial charge in [0.15, 0.2) is 0 Å². The lowest BCUT2D eigenvalue weighted by Crippen LogP contribution is -2.29. The van der Waals surface area contributed by atoms with Crippen molar-refractivity contribution in [3.63, 3.8) is 0 Å². The molecule has 0 saturated heterocycles. The van der Waals surface area contributed by atoms with Gasteiger partial charge in [-0.15, -0.1) is 0 Å². The van der Waals surface area contributed by atoms with Crippen LogP contribution in [0.15, 0.2) is 42.5 Å². The summed E-state index contributed by atoms with van der Waals surface area (Å²) in [6.45, 7) is 4.14. The summed E-state index contributed by atoms with van der Waals surface area (Å²) >= 11 is 0. The van der Waals surface area contributed by atoms with E-state index in [1.807, 2.05) is 13.0 Å². The first-order valence-electron chi connectivity index (χ1n) is 12.7. The van der Waals surface area contributed by atoms with Gasteiger partial charge >= 0.3 is 0 Å². The number of rotatable bonds is 11. The van der Waals surface area contributed by atoms with E-state index in [2.05, 4.69) is 13.0 Å². The van der Waals surface area contributed by atoms with Crippen LogP contribution in [0.25, 0.3) is 11.1 Å². The molecule has 176 valence electrons. The molecule has 1 aliphatic rings. The highest BCUT2D eigenvalue weighted by atomic mass is 19.3. The molecule has 0 bridgehead atoms. The number of benzene rings is 2. The Morgan fingerprint density at radius 1 is 0.812 bits per heavy atom. The number of hydrogen-bond donors (Lipinski definition) is 0. The summed E-state index contributed by atoms with van der Waals surface area (Å²) in [5.74, 6) is -3.08. The van der Waals surface area contributed by atoms with Gasteiger partial charge in [0.2, 0.25) is 0 Å². The van der Waals surface area contributed by atoms with Gasteiger partial charge in [0, 0.05) is 17.5 Å². The molecule has 1 fully saturated rings. The molecule has 0 radical (unpaired) electrons. The molecule has 2 aromatic rings. The first-order valence-corrected chi connectivity index (χ1v) is 12.7. The van der Waals surface area contributed by atoms with E-state index in [9.17, 15) is 8.78 Å². The van der Waals surface area contributed by atoms with Crippen LogP contribution in [0.2, 0.25) is 0 Å². The van der Waals surface area contributed by atoms with Crippen LogP contribution in [0.3, 0.4) is 0 Å². The second-order valence-corrected chi connectivity index (χ2v) is 9.73. The van der Waals surface area contributed by atoms with Crippen LogP contribution < -0.4 is 0 Å². The second kappa shape index (κ2) is 11.4. The van der Waals surface area contributed by atoms with Gasteiger partial charge in [-0.25, -0.2) is 13.2 Å². The molecule has 0 spiro atoms. The fourth-order valence-corrected chi connectivity index (χ4v) is 5.32. The Balaban J connectivity index is 1.80. The molecule has 0 N–H and O–H groups in total. The Morgan fingerprint density at radius 2 is 1.50 bits per heavy atom. The smallest absolute Gasteiger partial charge is 0.206 e. The molecule has 1 saturated carbocycles. The summed E-state index contributed by atoms with van der Waals surface area (Å²) in [4.78, 5) is 0. The fourth-order valence-electron chi connectivity index (χ4n) is 5.32. The molecular formula is C29H39F3. The maximum Gasteiger partial charge on any atom is 0.273 e. The number of hydrogen-bond acceptors (Lipinski definition) is 0. The lowest BCUT2D eigenvalue weighted by molar-refractivity contribution is -0.0154. The van der Waals surface area contributed by atoms with Crippen molar-refractivity contribution >= 4 is 0 Å². The molecule has 0 heterocycles. The highest BCUT2D eigenvalue weighted by Gasteiger charge is 2.34. The van der Waals surface area contributed by atoms with Gasteiger partial charge < -0.3 is 0 Å². The highest BCUT2D eigenvalue weighted by molar-refractivity contribution is 5.65. The van der Waals surface area contributed by atoms with Gasteiger partial charge in [-0.2, -0.15) is 0 Å². The molecule has 0 nitrogen and oxygen atoms in total. The third kappa shape index (κ3) is 5.97. The maximum atomic E-state index is 15.3. The van der Waals surface area contributed by atoms with Crippen molar-refractivity contribution in [2.75, 3.05) is 0 Å². The van der Waals surface area contributed by atoms with Crippen LogP contribution in [-0.2, 0) is 11.3 Å². The van der Waals surface area contributed by atoms with Gasteiger partial charge in [-0.3, -0.25) is 0 Å². The number of halogens is 3. The average molecular weight is 445 g/mol. The zero-order valence-electron chi connectivity index (χ0n) is 19.9. The number of unbranched alkanes of at least 4 members (excludes halogenated alkanes) is 4. The van der Waals surface area contributed by atoms with E-state index in [0.717, 1.165) is 31.2 Å². The first-order chi connectivity index (χ1) is 15.4. The van der Waals surface area contributed by atoms with Crippen LogP contribution in [0.4, 0.5) is 13.2 Å². The predicted molar refractivity (Wildman–Crippen MR) is 129 cm³/mol. The molecule has 1 aliphatic carbocycles. The topological polar surface area (TPSA) is 0 Å². The van der Waals surface area contributed by atoms with Crippen molar-refractivity contribution < 1.29 is 13.2 Å². The number of alkyl halides is 2. The standard InChI is InChI=1S/C29H39F3/c1-3-5-7-9-18-28(19-10-8-11-20-28)25-16-17-26(27(30)22-25)23-12-14-24(15-13-23)29(31,32)21-6-4-2/h12-17,22H,3-11,18-21H2,1-2H3. The van der Waals surface area contributed by atoms with Crippen molar-refractivity contribution in [2.45, 2.75) is 109 Å². The van der Waals surface area contributed by atoms with E-state index in [0.29, 0.717) is 17.5 Å². The van der Waals surface area contributed by atoms with Gasteiger partial charge in [-0.1, -0.05) is 102 Å². The van der Waals surface area contributed by atoms with Crippen molar-refractivity contribution in [1.29, 1.82) is 0 Å². The van der Waals surface area contributed by atoms with Gasteiger partial charge in [-0.05, 0) is 48.3 Å². The summed E-state index contributed by atoms with van der Waals surface area (Å²) in [5, 5.41) is 0. The zero-order valence-corrected chi connectivity index (χ0v) is 19.9. The third-order valence-corrected chi connectivity index (χ3v) is 7.36. The minimum atomic E-state index is -2.83. The fraction of sp³-hybridized carbons (Fsp3) is 0.586. The van der Waals surface area contributed by atoms with Crippen molar-refractivity contribution in [2.24, 2.45) is 0 Å². The van der Waals surface area contributed by atoms with Crippen molar-refractivity contribution in [3.05, 3.63) is 59.4 Å². The molecule has 0 aromatic heterocycles. The highest BCUT2D eigenvalue weighted by Crippen LogP contribution is 2.44. The molecule has 3 heteroatoms. The molecule has 3 rings (SSSR count).